The molecule has 0 spiro atoms. The maximum atomic E-state index is 12.2. The number of aromatic nitrogens is 1. The van der Waals surface area contributed by atoms with Gasteiger partial charge in [0, 0.05) is 34.0 Å². The molecule has 0 bridgehead atoms. The van der Waals surface area contributed by atoms with E-state index in [1.165, 1.54) is 0 Å². The molecule has 0 amide bonds. The van der Waals surface area contributed by atoms with E-state index in [9.17, 15) is 4.79 Å². The summed E-state index contributed by atoms with van der Waals surface area (Å²) in [5.41, 5.74) is 2.65. The maximum Gasteiger partial charge on any atom is 0.202 e. The summed E-state index contributed by atoms with van der Waals surface area (Å²) in [5, 5.41) is 0.957. The number of nitrogens with zero attached hydrogens (tertiary/aromatic N) is 1. The van der Waals surface area contributed by atoms with E-state index < -0.39 is 0 Å². The molecule has 2 aromatic rings. The van der Waals surface area contributed by atoms with Gasteiger partial charge < -0.3 is 9.30 Å². The van der Waals surface area contributed by atoms with Crippen LogP contribution in [0.5, 0.6) is 5.75 Å². The summed E-state index contributed by atoms with van der Waals surface area (Å²) in [4.78, 5) is 12.2. The number of carbonyl (C=O) groups excluding carboxylic acids is 1. The summed E-state index contributed by atoms with van der Waals surface area (Å²) in [7, 11) is 1.93. The first-order valence-electron chi connectivity index (χ1n) is 6.13. The molecule has 0 N–H and O–H groups in total. The van der Waals surface area contributed by atoms with Gasteiger partial charge in [-0.05, 0) is 38.1 Å². The van der Waals surface area contributed by atoms with Gasteiger partial charge in [0.15, 0.2) is 6.61 Å². The number of ether oxygens (including phenoxy) is 1. The third-order valence-corrected chi connectivity index (χ3v) is 3.72. The summed E-state index contributed by atoms with van der Waals surface area (Å²) < 4.78 is 7.44. The van der Waals surface area contributed by atoms with Crippen molar-refractivity contribution < 1.29 is 9.53 Å². The van der Waals surface area contributed by atoms with E-state index in [4.69, 9.17) is 27.9 Å². The van der Waals surface area contributed by atoms with Crippen molar-refractivity contribution in [3.8, 4) is 5.75 Å². The monoisotopic (exact) mass is 311 g/mol. The van der Waals surface area contributed by atoms with Gasteiger partial charge in [0.05, 0.1) is 0 Å². The van der Waals surface area contributed by atoms with Crippen molar-refractivity contribution in [1.29, 1.82) is 0 Å². The zero-order valence-electron chi connectivity index (χ0n) is 11.5. The number of hydrogen-bond donors (Lipinski definition) is 0. The van der Waals surface area contributed by atoms with E-state index >= 15 is 0 Å². The lowest BCUT2D eigenvalue weighted by Gasteiger charge is -2.07. The normalized spacial score (nSPS) is 10.7. The van der Waals surface area contributed by atoms with Gasteiger partial charge in [-0.15, -0.1) is 0 Å². The highest BCUT2D eigenvalue weighted by atomic mass is 35.5. The van der Waals surface area contributed by atoms with Crippen LogP contribution in [0.15, 0.2) is 24.3 Å². The average Bonchev–Trinajstić information content (AvgIpc) is 2.63. The summed E-state index contributed by atoms with van der Waals surface area (Å²) in [6, 6.07) is 6.74. The van der Waals surface area contributed by atoms with E-state index in [1.807, 2.05) is 31.5 Å². The maximum absolute atomic E-state index is 12.2. The standard InChI is InChI=1S/C15H15Cl2NO2/c1-9-4-14(10(2)18(9)3)15(19)8-20-13-6-11(16)5-12(17)7-13/h4-7H,8H2,1-3H3. The second-order valence-corrected chi connectivity index (χ2v) is 5.53. The molecule has 1 aromatic carbocycles. The third kappa shape index (κ3) is 3.17. The molecule has 0 fully saturated rings. The number of ketones is 1. The lowest BCUT2D eigenvalue weighted by Crippen LogP contribution is -2.12. The van der Waals surface area contributed by atoms with Crippen LogP contribution in [0.3, 0.4) is 0 Å². The van der Waals surface area contributed by atoms with Crippen LogP contribution >= 0.6 is 23.2 Å². The Labute approximate surface area is 128 Å². The Morgan fingerprint density at radius 2 is 1.75 bits per heavy atom. The fraction of sp³-hybridized carbons (Fsp3) is 0.267. The SMILES string of the molecule is Cc1cc(C(=O)COc2cc(Cl)cc(Cl)c2)c(C)n1C. The number of aryl methyl sites for hydroxylation is 1. The molecule has 106 valence electrons. The highest BCUT2D eigenvalue weighted by molar-refractivity contribution is 6.34. The third-order valence-electron chi connectivity index (χ3n) is 3.28. The van der Waals surface area contributed by atoms with Crippen LogP contribution in [-0.4, -0.2) is 17.0 Å². The molecule has 2 rings (SSSR count). The van der Waals surface area contributed by atoms with Gasteiger partial charge in [-0.2, -0.15) is 0 Å². The number of hydrogen-bond acceptors (Lipinski definition) is 2. The van der Waals surface area contributed by atoms with E-state index in [-0.39, 0.29) is 12.4 Å². The Bertz CT molecular complexity index is 642. The number of benzene rings is 1. The summed E-state index contributed by atoms with van der Waals surface area (Å²) in [5.74, 6) is 0.420. The van der Waals surface area contributed by atoms with Gasteiger partial charge in [0.25, 0.3) is 0 Å². The lowest BCUT2D eigenvalue weighted by atomic mass is 10.1. The summed E-state index contributed by atoms with van der Waals surface area (Å²) in [6.45, 7) is 3.83. The van der Waals surface area contributed by atoms with Crippen molar-refractivity contribution in [3.05, 3.63) is 51.3 Å². The number of halogens is 2. The fourth-order valence-corrected chi connectivity index (χ4v) is 2.48. The van der Waals surface area contributed by atoms with Crippen molar-refractivity contribution >= 4 is 29.0 Å². The van der Waals surface area contributed by atoms with Gasteiger partial charge in [-0.25, -0.2) is 0 Å². The number of Topliss-reactive ketones (excluding diaryl/α,β-unsaturated/α-hetero) is 1. The first-order chi connectivity index (χ1) is 9.38. The minimum Gasteiger partial charge on any atom is -0.485 e. The van der Waals surface area contributed by atoms with Crippen LogP contribution in [0.2, 0.25) is 10.0 Å². The summed E-state index contributed by atoms with van der Waals surface area (Å²) >= 11 is 11.8. The molecule has 0 aliphatic rings. The second-order valence-electron chi connectivity index (χ2n) is 4.66. The van der Waals surface area contributed by atoms with Gasteiger partial charge in [0.2, 0.25) is 5.78 Å². The second kappa shape index (κ2) is 5.90. The van der Waals surface area contributed by atoms with Crippen LogP contribution in [0.4, 0.5) is 0 Å². The zero-order valence-corrected chi connectivity index (χ0v) is 13.0. The minimum atomic E-state index is -0.0673. The van der Waals surface area contributed by atoms with Gasteiger partial charge in [-0.3, -0.25) is 4.79 Å². The molecule has 0 atom stereocenters. The molecule has 1 heterocycles. The van der Waals surface area contributed by atoms with E-state index in [0.29, 0.717) is 21.4 Å². The Morgan fingerprint density at radius 3 is 2.25 bits per heavy atom. The molecule has 3 nitrogen and oxygen atoms in total. The number of rotatable bonds is 4. The molecule has 0 aliphatic heterocycles. The summed E-state index contributed by atoms with van der Waals surface area (Å²) in [6.07, 6.45) is 0. The lowest BCUT2D eigenvalue weighted by molar-refractivity contribution is 0.0921. The Balaban J connectivity index is 2.10. The molecule has 0 aliphatic carbocycles. The molecule has 0 saturated carbocycles. The molecule has 5 heteroatoms. The smallest absolute Gasteiger partial charge is 0.202 e. The first-order valence-corrected chi connectivity index (χ1v) is 6.89. The minimum absolute atomic E-state index is 0.0407. The molecule has 0 unspecified atom stereocenters. The Kier molecular flexibility index (Phi) is 4.41. The zero-order chi connectivity index (χ0) is 14.9. The highest BCUT2D eigenvalue weighted by Crippen LogP contribution is 2.24. The first kappa shape index (κ1) is 14.9. The van der Waals surface area contributed by atoms with Crippen molar-refractivity contribution in [2.24, 2.45) is 7.05 Å². The molecular weight excluding hydrogens is 297 g/mol. The van der Waals surface area contributed by atoms with Crippen LogP contribution < -0.4 is 4.74 Å². The van der Waals surface area contributed by atoms with Gasteiger partial charge in [-0.1, -0.05) is 23.2 Å². The van der Waals surface area contributed by atoms with Gasteiger partial charge >= 0.3 is 0 Å². The predicted octanol–water partition coefficient (Wildman–Crippen LogP) is 4.21. The van der Waals surface area contributed by atoms with Crippen LogP contribution in [-0.2, 0) is 7.05 Å². The molecule has 0 saturated heterocycles. The van der Waals surface area contributed by atoms with Gasteiger partial charge in [0.1, 0.15) is 5.75 Å². The Hall–Kier alpha value is -1.45. The number of carbonyl (C=O) groups is 1. The fourth-order valence-electron chi connectivity index (χ4n) is 1.98. The van der Waals surface area contributed by atoms with Crippen molar-refractivity contribution in [2.75, 3.05) is 6.61 Å². The largest absolute Gasteiger partial charge is 0.485 e. The van der Waals surface area contributed by atoms with E-state index in [2.05, 4.69) is 0 Å². The van der Waals surface area contributed by atoms with Crippen molar-refractivity contribution in [2.45, 2.75) is 13.8 Å². The topological polar surface area (TPSA) is 31.2 Å². The highest BCUT2D eigenvalue weighted by Gasteiger charge is 2.14. The average molecular weight is 312 g/mol. The molecule has 1 aromatic heterocycles. The van der Waals surface area contributed by atoms with Crippen LogP contribution in [0.1, 0.15) is 21.7 Å². The predicted molar refractivity (Wildman–Crippen MR) is 81.2 cm³/mol. The molecular formula is C15H15Cl2NO2. The van der Waals surface area contributed by atoms with Crippen LogP contribution in [0, 0.1) is 13.8 Å². The molecule has 0 radical (unpaired) electrons. The van der Waals surface area contributed by atoms with Crippen LogP contribution in [0.25, 0.3) is 0 Å². The quantitative estimate of drug-likeness (QED) is 0.792. The molecule has 20 heavy (non-hydrogen) atoms. The Morgan fingerprint density at radius 1 is 1.15 bits per heavy atom. The van der Waals surface area contributed by atoms with E-state index in [0.717, 1.165) is 11.4 Å². The van der Waals surface area contributed by atoms with Crippen molar-refractivity contribution in [1.82, 2.24) is 4.57 Å². The van der Waals surface area contributed by atoms with Crippen molar-refractivity contribution in [3.63, 3.8) is 0 Å². The van der Waals surface area contributed by atoms with E-state index in [1.54, 1.807) is 18.2 Å².